The summed E-state index contributed by atoms with van der Waals surface area (Å²) in [6.45, 7) is 8.50. The number of ether oxygens (including phenoxy) is 1. The highest BCUT2D eigenvalue weighted by atomic mass is 16.5. The second-order valence-electron chi connectivity index (χ2n) is 6.52. The summed E-state index contributed by atoms with van der Waals surface area (Å²) in [5.41, 5.74) is 2.78. The Morgan fingerprint density at radius 2 is 1.83 bits per heavy atom. The van der Waals surface area contributed by atoms with Gasteiger partial charge in [-0.3, -0.25) is 0 Å². The van der Waals surface area contributed by atoms with E-state index in [4.69, 9.17) is 9.15 Å². The van der Waals surface area contributed by atoms with E-state index in [0.717, 1.165) is 32.6 Å². The van der Waals surface area contributed by atoms with Gasteiger partial charge in [-0.1, -0.05) is 29.8 Å². The van der Waals surface area contributed by atoms with Crippen molar-refractivity contribution in [2.24, 2.45) is 0 Å². The smallest absolute Gasteiger partial charge is 0.233 e. The lowest BCUT2D eigenvalue weighted by Crippen LogP contribution is -2.43. The fraction of sp³-hybridized carbons (Fsp3) is 0.556. The van der Waals surface area contributed by atoms with Gasteiger partial charge in [0, 0.05) is 32.1 Å². The lowest BCUT2D eigenvalue weighted by Gasteiger charge is -2.38. The summed E-state index contributed by atoms with van der Waals surface area (Å²) >= 11 is 0. The van der Waals surface area contributed by atoms with Gasteiger partial charge in [-0.05, 0) is 32.3 Å². The van der Waals surface area contributed by atoms with E-state index < -0.39 is 0 Å². The van der Waals surface area contributed by atoms with Crippen LogP contribution in [0.1, 0.15) is 48.7 Å². The Labute approximate surface area is 137 Å². The standard InChI is InChI=1S/C18H25N3O2/c1-13-4-6-16(7-5-13)18(8-10-22-11-9-18)12-19-14(2)17-21-20-15(3)23-17/h4-7,14,19H,8-12H2,1-3H3/t14-/m1/s1. The summed E-state index contributed by atoms with van der Waals surface area (Å²) in [6, 6.07) is 8.93. The first-order valence-electron chi connectivity index (χ1n) is 8.27. The number of benzene rings is 1. The van der Waals surface area contributed by atoms with Crippen molar-refractivity contribution in [1.82, 2.24) is 15.5 Å². The van der Waals surface area contributed by atoms with Gasteiger partial charge in [0.25, 0.3) is 0 Å². The average molecular weight is 315 g/mol. The number of hydrogen-bond donors (Lipinski definition) is 1. The lowest BCUT2D eigenvalue weighted by molar-refractivity contribution is 0.0487. The maximum Gasteiger partial charge on any atom is 0.233 e. The van der Waals surface area contributed by atoms with Crippen molar-refractivity contribution in [2.75, 3.05) is 19.8 Å². The van der Waals surface area contributed by atoms with Crippen LogP contribution in [0.3, 0.4) is 0 Å². The molecule has 5 heteroatoms. The summed E-state index contributed by atoms with van der Waals surface area (Å²) < 4.78 is 11.1. The molecule has 1 aromatic heterocycles. The molecule has 5 nitrogen and oxygen atoms in total. The Kier molecular flexibility index (Phi) is 4.78. The van der Waals surface area contributed by atoms with Crippen molar-refractivity contribution in [2.45, 2.75) is 45.1 Å². The van der Waals surface area contributed by atoms with Crippen molar-refractivity contribution < 1.29 is 9.15 Å². The SMILES string of the molecule is Cc1ccc(C2(CN[C@H](C)c3nnc(C)o3)CCOCC2)cc1. The topological polar surface area (TPSA) is 60.2 Å². The van der Waals surface area contributed by atoms with E-state index in [1.165, 1.54) is 11.1 Å². The first-order valence-corrected chi connectivity index (χ1v) is 8.27. The monoisotopic (exact) mass is 315 g/mol. The molecular formula is C18H25N3O2. The normalized spacial score (nSPS) is 18.7. The van der Waals surface area contributed by atoms with E-state index in [9.17, 15) is 0 Å². The zero-order chi connectivity index (χ0) is 16.3. The van der Waals surface area contributed by atoms with Gasteiger partial charge in [0.05, 0.1) is 6.04 Å². The molecule has 1 aliphatic heterocycles. The molecule has 23 heavy (non-hydrogen) atoms. The van der Waals surface area contributed by atoms with E-state index >= 15 is 0 Å². The van der Waals surface area contributed by atoms with Crippen LogP contribution in [0.5, 0.6) is 0 Å². The third kappa shape index (κ3) is 3.62. The predicted octanol–water partition coefficient (Wildman–Crippen LogP) is 3.09. The predicted molar refractivity (Wildman–Crippen MR) is 88.4 cm³/mol. The second kappa shape index (κ2) is 6.81. The summed E-state index contributed by atoms with van der Waals surface area (Å²) in [5.74, 6) is 1.25. The Bertz CT molecular complexity index is 630. The molecule has 1 atom stereocenters. The zero-order valence-corrected chi connectivity index (χ0v) is 14.1. The van der Waals surface area contributed by atoms with Crippen LogP contribution in [0.4, 0.5) is 0 Å². The molecule has 0 unspecified atom stereocenters. The zero-order valence-electron chi connectivity index (χ0n) is 14.1. The number of rotatable bonds is 5. The molecule has 0 amide bonds. The van der Waals surface area contributed by atoms with Crippen LogP contribution in [0.15, 0.2) is 28.7 Å². The van der Waals surface area contributed by atoms with E-state index in [-0.39, 0.29) is 11.5 Å². The molecule has 0 saturated carbocycles. The van der Waals surface area contributed by atoms with E-state index in [1.54, 1.807) is 0 Å². The molecule has 0 radical (unpaired) electrons. The highest BCUT2D eigenvalue weighted by Gasteiger charge is 2.34. The first-order chi connectivity index (χ1) is 11.1. The number of nitrogens with one attached hydrogen (secondary N) is 1. The first kappa shape index (κ1) is 16.1. The van der Waals surface area contributed by atoms with Crippen LogP contribution < -0.4 is 5.32 Å². The van der Waals surface area contributed by atoms with Gasteiger partial charge in [0.1, 0.15) is 0 Å². The number of aryl methyl sites for hydroxylation is 2. The molecule has 1 fully saturated rings. The average Bonchev–Trinajstić information content (AvgIpc) is 3.01. The summed E-state index contributed by atoms with van der Waals surface area (Å²) in [4.78, 5) is 0. The lowest BCUT2D eigenvalue weighted by atomic mass is 9.74. The number of nitrogens with zero attached hydrogens (tertiary/aromatic N) is 2. The van der Waals surface area contributed by atoms with E-state index in [2.05, 4.69) is 53.6 Å². The molecule has 2 heterocycles. The highest BCUT2D eigenvalue weighted by molar-refractivity contribution is 5.30. The van der Waals surface area contributed by atoms with Gasteiger partial charge < -0.3 is 14.5 Å². The largest absolute Gasteiger partial charge is 0.424 e. The van der Waals surface area contributed by atoms with Gasteiger partial charge >= 0.3 is 0 Å². The summed E-state index contributed by atoms with van der Waals surface area (Å²) in [7, 11) is 0. The van der Waals surface area contributed by atoms with Gasteiger partial charge in [0.15, 0.2) is 0 Å². The number of hydrogen-bond acceptors (Lipinski definition) is 5. The molecule has 3 rings (SSSR count). The fourth-order valence-corrected chi connectivity index (χ4v) is 3.16. The Morgan fingerprint density at radius 1 is 1.13 bits per heavy atom. The molecule has 1 aliphatic rings. The van der Waals surface area contributed by atoms with Crippen LogP contribution in [0, 0.1) is 13.8 Å². The minimum atomic E-state index is 0.0429. The summed E-state index contributed by atoms with van der Waals surface area (Å²) in [6.07, 6.45) is 2.05. The molecule has 0 aliphatic carbocycles. The fourth-order valence-electron chi connectivity index (χ4n) is 3.16. The molecule has 0 bridgehead atoms. The van der Waals surface area contributed by atoms with E-state index in [0.29, 0.717) is 11.8 Å². The second-order valence-corrected chi connectivity index (χ2v) is 6.52. The minimum Gasteiger partial charge on any atom is -0.424 e. The maximum absolute atomic E-state index is 5.60. The van der Waals surface area contributed by atoms with Crippen molar-refractivity contribution in [3.05, 3.63) is 47.2 Å². The van der Waals surface area contributed by atoms with Crippen LogP contribution in [-0.2, 0) is 10.2 Å². The van der Waals surface area contributed by atoms with Crippen molar-refractivity contribution >= 4 is 0 Å². The van der Waals surface area contributed by atoms with Gasteiger partial charge in [-0.15, -0.1) is 10.2 Å². The molecule has 124 valence electrons. The molecular weight excluding hydrogens is 290 g/mol. The van der Waals surface area contributed by atoms with Gasteiger partial charge in [0.2, 0.25) is 11.8 Å². The molecule has 1 aromatic carbocycles. The van der Waals surface area contributed by atoms with Crippen LogP contribution in [0.2, 0.25) is 0 Å². The Morgan fingerprint density at radius 3 is 2.43 bits per heavy atom. The van der Waals surface area contributed by atoms with Crippen LogP contribution >= 0.6 is 0 Å². The maximum atomic E-state index is 5.60. The quantitative estimate of drug-likeness (QED) is 0.919. The van der Waals surface area contributed by atoms with Gasteiger partial charge in [-0.25, -0.2) is 0 Å². The summed E-state index contributed by atoms with van der Waals surface area (Å²) in [5, 5.41) is 11.6. The minimum absolute atomic E-state index is 0.0429. The molecule has 1 N–H and O–H groups in total. The van der Waals surface area contributed by atoms with Crippen LogP contribution in [0.25, 0.3) is 0 Å². The highest BCUT2D eigenvalue weighted by Crippen LogP contribution is 2.35. The third-order valence-electron chi connectivity index (χ3n) is 4.77. The van der Waals surface area contributed by atoms with Crippen LogP contribution in [-0.4, -0.2) is 30.0 Å². The van der Waals surface area contributed by atoms with Gasteiger partial charge in [-0.2, -0.15) is 0 Å². The van der Waals surface area contributed by atoms with Crippen molar-refractivity contribution in [3.63, 3.8) is 0 Å². The van der Waals surface area contributed by atoms with E-state index in [1.807, 2.05) is 6.92 Å². The Hall–Kier alpha value is -1.72. The molecule has 2 aromatic rings. The molecule has 1 saturated heterocycles. The third-order valence-corrected chi connectivity index (χ3v) is 4.77. The number of aromatic nitrogens is 2. The van der Waals surface area contributed by atoms with Crippen molar-refractivity contribution in [3.8, 4) is 0 Å². The Balaban J connectivity index is 1.75. The molecule has 0 spiro atoms. The van der Waals surface area contributed by atoms with Crippen molar-refractivity contribution in [1.29, 1.82) is 0 Å².